The lowest BCUT2D eigenvalue weighted by atomic mass is 10.2. The number of rotatable bonds is 3. The van der Waals surface area contributed by atoms with Gasteiger partial charge < -0.3 is 5.32 Å². The number of nitrogens with one attached hydrogen (secondary N) is 2. The quantitative estimate of drug-likeness (QED) is 0.284. The smallest absolute Gasteiger partial charge is 0.257 e. The predicted molar refractivity (Wildman–Crippen MR) is 131 cm³/mol. The van der Waals surface area contributed by atoms with E-state index in [1.54, 1.807) is 29.5 Å². The largest absolute Gasteiger partial charge is 0.332 e. The van der Waals surface area contributed by atoms with Gasteiger partial charge in [0.15, 0.2) is 5.11 Å². The Hall–Kier alpha value is -2.13. The highest BCUT2D eigenvalue weighted by Crippen LogP contribution is 2.36. The van der Waals surface area contributed by atoms with Crippen molar-refractivity contribution in [2.45, 2.75) is 0 Å². The zero-order valence-electron chi connectivity index (χ0n) is 14.8. The normalized spacial score (nSPS) is 10.7. The van der Waals surface area contributed by atoms with E-state index in [0.717, 1.165) is 35.4 Å². The number of thiazole rings is 1. The van der Waals surface area contributed by atoms with Crippen LogP contribution in [0.4, 0.5) is 5.69 Å². The first-order chi connectivity index (χ1) is 14.0. The number of halogens is 2. The number of carbonyl (C=O) groups excluding carboxylic acids is 1. The maximum absolute atomic E-state index is 12.4. The Morgan fingerprint density at radius 1 is 0.966 bits per heavy atom. The molecule has 0 aliphatic carbocycles. The first kappa shape index (κ1) is 20.2. The summed E-state index contributed by atoms with van der Waals surface area (Å²) in [6.45, 7) is 0. The van der Waals surface area contributed by atoms with Crippen molar-refractivity contribution in [3.8, 4) is 10.6 Å². The molecule has 1 heterocycles. The van der Waals surface area contributed by atoms with Crippen LogP contribution in [-0.4, -0.2) is 16.0 Å². The molecule has 4 nitrogen and oxygen atoms in total. The zero-order valence-corrected chi connectivity index (χ0v) is 19.6. The van der Waals surface area contributed by atoms with Gasteiger partial charge in [0.05, 0.1) is 15.9 Å². The SMILES string of the molecule is O=C(NC(=S)Nc1ccc(Br)cc1-c1nc2ccccc2s1)c1cccc(Br)c1. The van der Waals surface area contributed by atoms with Crippen molar-refractivity contribution in [2.24, 2.45) is 0 Å². The highest BCUT2D eigenvalue weighted by Gasteiger charge is 2.14. The molecule has 0 aliphatic rings. The van der Waals surface area contributed by atoms with E-state index in [4.69, 9.17) is 17.2 Å². The van der Waals surface area contributed by atoms with Gasteiger partial charge in [-0.25, -0.2) is 4.98 Å². The number of amides is 1. The van der Waals surface area contributed by atoms with Crippen LogP contribution in [0.1, 0.15) is 10.4 Å². The molecule has 0 spiro atoms. The Balaban J connectivity index is 1.59. The fourth-order valence-corrected chi connectivity index (χ4v) is 4.71. The maximum atomic E-state index is 12.4. The second-order valence-electron chi connectivity index (χ2n) is 6.10. The minimum absolute atomic E-state index is 0.222. The van der Waals surface area contributed by atoms with Gasteiger partial charge in [-0.3, -0.25) is 10.1 Å². The fraction of sp³-hybridized carbons (Fsp3) is 0. The second kappa shape index (κ2) is 8.71. The number of para-hydroxylation sites is 1. The van der Waals surface area contributed by atoms with E-state index in [0.29, 0.717) is 5.56 Å². The van der Waals surface area contributed by atoms with Crippen molar-refractivity contribution in [3.05, 3.63) is 81.2 Å². The lowest BCUT2D eigenvalue weighted by molar-refractivity contribution is 0.0977. The summed E-state index contributed by atoms with van der Waals surface area (Å²) in [6.07, 6.45) is 0. The number of nitrogens with zero attached hydrogens (tertiary/aromatic N) is 1. The number of fused-ring (bicyclic) bond motifs is 1. The van der Waals surface area contributed by atoms with Crippen molar-refractivity contribution >= 4 is 82.3 Å². The lowest BCUT2D eigenvalue weighted by Gasteiger charge is -2.13. The molecule has 0 fully saturated rings. The number of anilines is 1. The number of thiocarbonyl (C=S) groups is 1. The Bertz CT molecular complexity index is 1210. The van der Waals surface area contributed by atoms with Gasteiger partial charge in [-0.15, -0.1) is 11.3 Å². The molecule has 0 saturated carbocycles. The van der Waals surface area contributed by atoms with Gasteiger partial charge in [-0.2, -0.15) is 0 Å². The Kier molecular flexibility index (Phi) is 6.05. The summed E-state index contributed by atoms with van der Waals surface area (Å²) < 4.78 is 2.87. The highest BCUT2D eigenvalue weighted by molar-refractivity contribution is 9.10. The molecule has 0 bridgehead atoms. The summed E-state index contributed by atoms with van der Waals surface area (Å²) in [5.74, 6) is -0.276. The van der Waals surface area contributed by atoms with Crippen LogP contribution in [0.3, 0.4) is 0 Å². The Morgan fingerprint density at radius 3 is 2.55 bits per heavy atom. The van der Waals surface area contributed by atoms with E-state index < -0.39 is 0 Å². The van der Waals surface area contributed by atoms with E-state index >= 15 is 0 Å². The van der Waals surface area contributed by atoms with E-state index in [1.807, 2.05) is 48.5 Å². The fourth-order valence-electron chi connectivity index (χ4n) is 2.75. The molecule has 0 unspecified atom stereocenters. The van der Waals surface area contributed by atoms with E-state index in [-0.39, 0.29) is 11.0 Å². The van der Waals surface area contributed by atoms with Gasteiger partial charge in [0.1, 0.15) is 5.01 Å². The van der Waals surface area contributed by atoms with Crippen LogP contribution in [-0.2, 0) is 0 Å². The van der Waals surface area contributed by atoms with Crippen molar-refractivity contribution in [3.63, 3.8) is 0 Å². The molecule has 0 radical (unpaired) electrons. The van der Waals surface area contributed by atoms with Crippen LogP contribution in [0.15, 0.2) is 75.7 Å². The minimum Gasteiger partial charge on any atom is -0.332 e. The van der Waals surface area contributed by atoms with Crippen molar-refractivity contribution < 1.29 is 4.79 Å². The van der Waals surface area contributed by atoms with Gasteiger partial charge in [0, 0.05) is 20.1 Å². The standard InChI is InChI=1S/C21H13Br2N3OS2/c22-13-5-3-4-12(10-13)19(27)26-21(28)25-16-9-8-14(23)11-15(16)20-24-17-6-1-2-7-18(17)29-20/h1-11H,(H2,25,26,27,28). The van der Waals surface area contributed by atoms with Crippen LogP contribution in [0, 0.1) is 0 Å². The molecule has 29 heavy (non-hydrogen) atoms. The second-order valence-corrected chi connectivity index (χ2v) is 9.37. The van der Waals surface area contributed by atoms with E-state index in [1.165, 1.54) is 0 Å². The molecule has 144 valence electrons. The molecule has 0 saturated heterocycles. The Labute approximate surface area is 193 Å². The van der Waals surface area contributed by atoms with Crippen LogP contribution in [0.5, 0.6) is 0 Å². The number of carbonyl (C=O) groups is 1. The summed E-state index contributed by atoms with van der Waals surface area (Å²) in [5.41, 5.74) is 3.14. The summed E-state index contributed by atoms with van der Waals surface area (Å²) >= 11 is 13.9. The van der Waals surface area contributed by atoms with Gasteiger partial charge in [0.25, 0.3) is 5.91 Å². The van der Waals surface area contributed by atoms with Crippen LogP contribution in [0.25, 0.3) is 20.8 Å². The number of hydrogen-bond acceptors (Lipinski definition) is 4. The summed E-state index contributed by atoms with van der Waals surface area (Å²) in [7, 11) is 0. The van der Waals surface area contributed by atoms with Gasteiger partial charge >= 0.3 is 0 Å². The molecule has 2 N–H and O–H groups in total. The van der Waals surface area contributed by atoms with Crippen LogP contribution in [0.2, 0.25) is 0 Å². The topological polar surface area (TPSA) is 54.0 Å². The number of aromatic nitrogens is 1. The molecule has 4 aromatic rings. The van der Waals surface area contributed by atoms with Gasteiger partial charge in [-0.05, 0) is 60.7 Å². The summed E-state index contributed by atoms with van der Waals surface area (Å²) in [6, 6.07) is 20.9. The monoisotopic (exact) mass is 545 g/mol. The molecular formula is C21H13Br2N3OS2. The maximum Gasteiger partial charge on any atom is 0.257 e. The lowest BCUT2D eigenvalue weighted by Crippen LogP contribution is -2.34. The summed E-state index contributed by atoms with van der Waals surface area (Å²) in [4.78, 5) is 17.2. The van der Waals surface area contributed by atoms with E-state index in [9.17, 15) is 4.79 Å². The molecule has 0 atom stereocenters. The van der Waals surface area contributed by atoms with Gasteiger partial charge in [0.2, 0.25) is 0 Å². The molecule has 1 amide bonds. The van der Waals surface area contributed by atoms with Crippen LogP contribution < -0.4 is 10.6 Å². The third-order valence-corrected chi connectivity index (χ3v) is 6.33. The first-order valence-electron chi connectivity index (χ1n) is 8.53. The van der Waals surface area contributed by atoms with E-state index in [2.05, 4.69) is 42.5 Å². The average Bonchev–Trinajstić information content (AvgIpc) is 3.13. The molecule has 8 heteroatoms. The molecular weight excluding hydrogens is 534 g/mol. The highest BCUT2D eigenvalue weighted by atomic mass is 79.9. The van der Waals surface area contributed by atoms with Crippen LogP contribution >= 0.6 is 55.4 Å². The Morgan fingerprint density at radius 2 is 1.76 bits per heavy atom. The molecule has 3 aromatic carbocycles. The average molecular weight is 547 g/mol. The van der Waals surface area contributed by atoms with Crippen molar-refractivity contribution in [1.82, 2.24) is 10.3 Å². The first-order valence-corrected chi connectivity index (χ1v) is 11.3. The number of hydrogen-bond donors (Lipinski definition) is 2. The minimum atomic E-state index is -0.276. The molecule has 4 rings (SSSR count). The van der Waals surface area contributed by atoms with Gasteiger partial charge in [-0.1, -0.05) is 50.1 Å². The third-order valence-electron chi connectivity index (χ3n) is 4.07. The third kappa shape index (κ3) is 4.72. The number of benzene rings is 3. The van der Waals surface area contributed by atoms with Crippen molar-refractivity contribution in [1.29, 1.82) is 0 Å². The molecule has 0 aliphatic heterocycles. The van der Waals surface area contributed by atoms with Crippen molar-refractivity contribution in [2.75, 3.05) is 5.32 Å². The molecule has 1 aromatic heterocycles. The summed E-state index contributed by atoms with van der Waals surface area (Å²) in [5, 5.41) is 6.95. The predicted octanol–water partition coefficient (Wildman–Crippen LogP) is 6.62. The zero-order chi connectivity index (χ0) is 20.4.